The predicted octanol–water partition coefficient (Wildman–Crippen LogP) is 3.38. The molecule has 0 unspecified atom stereocenters. The van der Waals surface area contributed by atoms with Crippen molar-refractivity contribution in [1.82, 2.24) is 10.3 Å². The number of pyridine rings is 1. The fourth-order valence-electron chi connectivity index (χ4n) is 2.50. The molecular weight excluding hydrogens is 371 g/mol. The van der Waals surface area contributed by atoms with E-state index in [1.54, 1.807) is 48.7 Å². The number of aromatic nitrogens is 1. The van der Waals surface area contributed by atoms with Gasteiger partial charge in [0.25, 0.3) is 5.91 Å². The highest BCUT2D eigenvalue weighted by molar-refractivity contribution is 6.05. The van der Waals surface area contributed by atoms with Crippen LogP contribution >= 0.6 is 0 Å². The van der Waals surface area contributed by atoms with Gasteiger partial charge in [-0.2, -0.15) is 0 Å². The Hall–Kier alpha value is -4.00. The standard InChI is InChI=1S/C22H19FN4O2/c23-17-8-10-20(19(24)13-17)27-22(29)16-6-4-15(5-7-16)14-26-21(28)11-9-18-3-1-2-12-25-18/h1-13H,14,24H2,(H,26,28)(H,27,29). The largest absolute Gasteiger partial charge is 0.397 e. The Kier molecular flexibility index (Phi) is 6.32. The Morgan fingerprint density at radius 2 is 1.86 bits per heavy atom. The van der Waals surface area contributed by atoms with Crippen LogP contribution in [-0.4, -0.2) is 16.8 Å². The van der Waals surface area contributed by atoms with E-state index in [1.807, 2.05) is 6.07 Å². The first kappa shape index (κ1) is 19.8. The van der Waals surface area contributed by atoms with Gasteiger partial charge in [-0.3, -0.25) is 14.6 Å². The molecule has 0 spiro atoms. The summed E-state index contributed by atoms with van der Waals surface area (Å²) in [6.07, 6.45) is 4.70. The Labute approximate surface area is 167 Å². The highest BCUT2D eigenvalue weighted by Gasteiger charge is 2.09. The molecule has 1 aromatic heterocycles. The Bertz CT molecular complexity index is 1030. The summed E-state index contributed by atoms with van der Waals surface area (Å²) in [6.45, 7) is 0.318. The first-order chi connectivity index (χ1) is 14.0. The van der Waals surface area contributed by atoms with Crippen molar-refractivity contribution in [2.75, 3.05) is 11.1 Å². The molecule has 3 aromatic rings. The molecule has 0 atom stereocenters. The molecule has 29 heavy (non-hydrogen) atoms. The van der Waals surface area contributed by atoms with E-state index in [2.05, 4.69) is 15.6 Å². The van der Waals surface area contributed by atoms with E-state index in [0.29, 0.717) is 23.5 Å². The number of carbonyl (C=O) groups is 2. The number of nitrogens with two attached hydrogens (primary N) is 1. The molecule has 0 saturated heterocycles. The van der Waals surface area contributed by atoms with Crippen LogP contribution in [-0.2, 0) is 11.3 Å². The molecule has 3 rings (SSSR count). The van der Waals surface area contributed by atoms with Gasteiger partial charge in [-0.15, -0.1) is 0 Å². The molecular formula is C22H19FN4O2. The minimum Gasteiger partial charge on any atom is -0.397 e. The number of halogens is 1. The van der Waals surface area contributed by atoms with Crippen molar-refractivity contribution >= 4 is 29.3 Å². The fourth-order valence-corrected chi connectivity index (χ4v) is 2.50. The molecule has 2 amide bonds. The molecule has 7 heteroatoms. The molecule has 4 N–H and O–H groups in total. The average Bonchev–Trinajstić information content (AvgIpc) is 2.74. The van der Waals surface area contributed by atoms with Crippen LogP contribution in [0.5, 0.6) is 0 Å². The van der Waals surface area contributed by atoms with Crippen LogP contribution in [0, 0.1) is 5.82 Å². The maximum atomic E-state index is 13.1. The van der Waals surface area contributed by atoms with Crippen molar-refractivity contribution in [2.45, 2.75) is 6.54 Å². The molecule has 0 saturated carbocycles. The maximum Gasteiger partial charge on any atom is 0.255 e. The second-order valence-electron chi connectivity index (χ2n) is 6.19. The van der Waals surface area contributed by atoms with Gasteiger partial charge in [0.05, 0.1) is 17.1 Å². The molecule has 0 aliphatic carbocycles. The van der Waals surface area contributed by atoms with Crippen LogP contribution < -0.4 is 16.4 Å². The molecule has 1 heterocycles. The number of nitrogen functional groups attached to an aromatic ring is 1. The molecule has 0 fully saturated rings. The van der Waals surface area contributed by atoms with E-state index in [-0.39, 0.29) is 17.5 Å². The van der Waals surface area contributed by atoms with Crippen molar-refractivity contribution in [3.8, 4) is 0 Å². The van der Waals surface area contributed by atoms with E-state index in [9.17, 15) is 14.0 Å². The van der Waals surface area contributed by atoms with Crippen LogP contribution in [0.1, 0.15) is 21.6 Å². The third-order valence-corrected chi connectivity index (χ3v) is 4.04. The predicted molar refractivity (Wildman–Crippen MR) is 110 cm³/mol. The third-order valence-electron chi connectivity index (χ3n) is 4.04. The van der Waals surface area contributed by atoms with Gasteiger partial charge in [-0.05, 0) is 54.1 Å². The zero-order chi connectivity index (χ0) is 20.6. The van der Waals surface area contributed by atoms with E-state index >= 15 is 0 Å². The number of rotatable bonds is 6. The van der Waals surface area contributed by atoms with Crippen LogP contribution in [0.15, 0.2) is 72.9 Å². The van der Waals surface area contributed by atoms with Gasteiger partial charge in [-0.1, -0.05) is 18.2 Å². The second-order valence-corrected chi connectivity index (χ2v) is 6.19. The van der Waals surface area contributed by atoms with Gasteiger partial charge in [0.2, 0.25) is 5.91 Å². The Morgan fingerprint density at radius 1 is 1.07 bits per heavy atom. The third kappa shape index (κ3) is 5.74. The minimum atomic E-state index is -0.471. The average molecular weight is 390 g/mol. The molecule has 6 nitrogen and oxygen atoms in total. The Balaban J connectivity index is 1.53. The second kappa shape index (κ2) is 9.27. The lowest BCUT2D eigenvalue weighted by Crippen LogP contribution is -2.20. The number of amides is 2. The fraction of sp³-hybridized carbons (Fsp3) is 0.0455. The monoisotopic (exact) mass is 390 g/mol. The van der Waals surface area contributed by atoms with Crippen molar-refractivity contribution < 1.29 is 14.0 Å². The normalized spacial score (nSPS) is 10.7. The number of nitrogens with zero attached hydrogens (tertiary/aromatic N) is 1. The van der Waals surface area contributed by atoms with Crippen LogP contribution in [0.2, 0.25) is 0 Å². The van der Waals surface area contributed by atoms with Gasteiger partial charge in [-0.25, -0.2) is 4.39 Å². The number of hydrogen-bond donors (Lipinski definition) is 3. The number of nitrogens with one attached hydrogen (secondary N) is 2. The summed E-state index contributed by atoms with van der Waals surface area (Å²) in [5, 5.41) is 5.40. The topological polar surface area (TPSA) is 97.1 Å². The number of benzene rings is 2. The van der Waals surface area contributed by atoms with Gasteiger partial charge < -0.3 is 16.4 Å². The lowest BCUT2D eigenvalue weighted by Gasteiger charge is -2.09. The zero-order valence-electron chi connectivity index (χ0n) is 15.4. The van der Waals surface area contributed by atoms with Crippen LogP contribution in [0.25, 0.3) is 6.08 Å². The summed E-state index contributed by atoms with van der Waals surface area (Å²) in [5.41, 5.74) is 8.13. The van der Waals surface area contributed by atoms with Gasteiger partial charge in [0.1, 0.15) is 5.82 Å². The smallest absolute Gasteiger partial charge is 0.255 e. The molecule has 0 bridgehead atoms. The highest BCUT2D eigenvalue weighted by atomic mass is 19.1. The van der Waals surface area contributed by atoms with E-state index in [1.165, 1.54) is 18.2 Å². The molecule has 0 radical (unpaired) electrons. The molecule has 0 aliphatic rings. The van der Waals surface area contributed by atoms with Gasteiger partial charge in [0, 0.05) is 24.4 Å². The maximum absolute atomic E-state index is 13.1. The van der Waals surface area contributed by atoms with Gasteiger partial charge >= 0.3 is 0 Å². The first-order valence-corrected chi connectivity index (χ1v) is 8.83. The summed E-state index contributed by atoms with van der Waals surface area (Å²) < 4.78 is 13.1. The highest BCUT2D eigenvalue weighted by Crippen LogP contribution is 2.20. The SMILES string of the molecule is Nc1cc(F)ccc1NC(=O)c1ccc(CNC(=O)C=Cc2ccccn2)cc1. The first-order valence-electron chi connectivity index (χ1n) is 8.83. The molecule has 0 aliphatic heterocycles. The zero-order valence-corrected chi connectivity index (χ0v) is 15.4. The van der Waals surface area contributed by atoms with Crippen LogP contribution in [0.4, 0.5) is 15.8 Å². The summed E-state index contributed by atoms with van der Waals surface area (Å²) >= 11 is 0. The molecule has 146 valence electrons. The summed E-state index contributed by atoms with van der Waals surface area (Å²) in [7, 11) is 0. The lowest BCUT2D eigenvalue weighted by molar-refractivity contribution is -0.116. The minimum absolute atomic E-state index is 0.149. The summed E-state index contributed by atoms with van der Waals surface area (Å²) in [4.78, 5) is 28.3. The van der Waals surface area contributed by atoms with E-state index in [4.69, 9.17) is 5.73 Å². The van der Waals surface area contributed by atoms with Crippen molar-refractivity contribution in [1.29, 1.82) is 0 Å². The van der Waals surface area contributed by atoms with E-state index in [0.717, 1.165) is 11.6 Å². The summed E-state index contributed by atoms with van der Waals surface area (Å²) in [6, 6.07) is 16.0. The van der Waals surface area contributed by atoms with Crippen LogP contribution in [0.3, 0.4) is 0 Å². The van der Waals surface area contributed by atoms with E-state index < -0.39 is 5.82 Å². The Morgan fingerprint density at radius 3 is 2.55 bits per heavy atom. The quantitative estimate of drug-likeness (QED) is 0.444. The van der Waals surface area contributed by atoms with Crippen molar-refractivity contribution in [3.05, 3.63) is 95.6 Å². The van der Waals surface area contributed by atoms with Crippen molar-refractivity contribution in [3.63, 3.8) is 0 Å². The number of carbonyl (C=O) groups excluding carboxylic acids is 2. The number of hydrogen-bond acceptors (Lipinski definition) is 4. The van der Waals surface area contributed by atoms with Gasteiger partial charge in [0.15, 0.2) is 0 Å². The molecule has 2 aromatic carbocycles. The van der Waals surface area contributed by atoms with Crippen molar-refractivity contribution in [2.24, 2.45) is 0 Å². The number of anilines is 2. The lowest BCUT2D eigenvalue weighted by atomic mass is 10.1. The summed E-state index contributed by atoms with van der Waals surface area (Å²) in [5.74, 6) is -1.08.